The highest BCUT2D eigenvalue weighted by atomic mass is 35.5. The maximum absolute atomic E-state index is 13.9. The van der Waals surface area contributed by atoms with Crippen molar-refractivity contribution >= 4 is 47.1 Å². The van der Waals surface area contributed by atoms with Crippen LogP contribution in [0.15, 0.2) is 48.9 Å². The molecular formula is C23H21ClFN7O3. The summed E-state index contributed by atoms with van der Waals surface area (Å²) >= 11 is 5.80. The van der Waals surface area contributed by atoms with Crippen LogP contribution >= 0.6 is 11.6 Å². The second kappa shape index (κ2) is 10.9. The van der Waals surface area contributed by atoms with Gasteiger partial charge in [-0.15, -0.1) is 0 Å². The zero-order valence-electron chi connectivity index (χ0n) is 18.4. The van der Waals surface area contributed by atoms with Crippen molar-refractivity contribution in [3.8, 4) is 0 Å². The van der Waals surface area contributed by atoms with Gasteiger partial charge >= 0.3 is 0 Å². The monoisotopic (exact) mass is 497 g/mol. The molecule has 3 heterocycles. The van der Waals surface area contributed by atoms with Crippen LogP contribution in [-0.4, -0.2) is 64.3 Å². The molecule has 1 aliphatic rings. The van der Waals surface area contributed by atoms with Crippen LogP contribution in [0.25, 0.3) is 0 Å². The second-order valence-electron chi connectivity index (χ2n) is 7.70. The van der Waals surface area contributed by atoms with Gasteiger partial charge in [0.05, 0.1) is 28.7 Å². The lowest BCUT2D eigenvalue weighted by atomic mass is 10.1. The molecule has 0 unspecified atom stereocenters. The van der Waals surface area contributed by atoms with Gasteiger partial charge in [-0.05, 0) is 36.8 Å². The summed E-state index contributed by atoms with van der Waals surface area (Å²) in [6.07, 6.45) is 5.80. The van der Waals surface area contributed by atoms with E-state index in [4.69, 9.17) is 11.6 Å². The molecule has 1 aromatic carbocycles. The average Bonchev–Trinajstić information content (AvgIpc) is 3.12. The van der Waals surface area contributed by atoms with Gasteiger partial charge in [-0.2, -0.15) is 0 Å². The lowest BCUT2D eigenvalue weighted by Crippen LogP contribution is -2.30. The fourth-order valence-electron chi connectivity index (χ4n) is 3.51. The Bertz CT molecular complexity index is 1220. The van der Waals surface area contributed by atoms with Crippen molar-refractivity contribution in [2.24, 2.45) is 0 Å². The first-order chi connectivity index (χ1) is 16.9. The summed E-state index contributed by atoms with van der Waals surface area (Å²) in [5.74, 6) is -1.12. The molecule has 0 bridgehead atoms. The van der Waals surface area contributed by atoms with Gasteiger partial charge in [-0.3, -0.25) is 14.4 Å². The number of carbonyl (C=O) groups is 3. The zero-order chi connectivity index (χ0) is 24.8. The van der Waals surface area contributed by atoms with E-state index in [9.17, 15) is 18.8 Å². The fourth-order valence-corrected chi connectivity index (χ4v) is 3.62. The highest BCUT2D eigenvalue weighted by molar-refractivity contribution is 6.30. The molecule has 10 nitrogen and oxygen atoms in total. The van der Waals surface area contributed by atoms with Crippen LogP contribution in [-0.2, 0) is 4.79 Å². The highest BCUT2D eigenvalue weighted by Crippen LogP contribution is 2.20. The van der Waals surface area contributed by atoms with Gasteiger partial charge in [0.1, 0.15) is 23.1 Å². The Balaban J connectivity index is 1.46. The first kappa shape index (κ1) is 24.0. The maximum Gasteiger partial charge on any atom is 0.275 e. The highest BCUT2D eigenvalue weighted by Gasteiger charge is 2.19. The molecule has 3 amide bonds. The molecule has 3 aromatic rings. The molecule has 0 radical (unpaired) electrons. The maximum atomic E-state index is 13.9. The van der Waals surface area contributed by atoms with Crippen molar-refractivity contribution in [3.63, 3.8) is 0 Å². The van der Waals surface area contributed by atoms with Crippen LogP contribution in [0.5, 0.6) is 0 Å². The molecule has 2 aromatic heterocycles. The Kier molecular flexibility index (Phi) is 7.46. The van der Waals surface area contributed by atoms with Gasteiger partial charge in [0.15, 0.2) is 0 Å². The van der Waals surface area contributed by atoms with Crippen LogP contribution in [0, 0.1) is 5.82 Å². The summed E-state index contributed by atoms with van der Waals surface area (Å²) < 4.78 is 13.9. The summed E-state index contributed by atoms with van der Waals surface area (Å²) in [7, 11) is 0. The third kappa shape index (κ3) is 6.07. The van der Waals surface area contributed by atoms with E-state index in [2.05, 4.69) is 25.6 Å². The zero-order valence-corrected chi connectivity index (χ0v) is 19.2. The average molecular weight is 498 g/mol. The Labute approximate surface area is 205 Å². The number of pyridine rings is 1. The lowest BCUT2D eigenvalue weighted by molar-refractivity contribution is -0.117. The second-order valence-corrected chi connectivity index (χ2v) is 8.14. The van der Waals surface area contributed by atoms with E-state index in [1.54, 1.807) is 11.0 Å². The summed E-state index contributed by atoms with van der Waals surface area (Å²) in [5, 5.41) is 5.52. The number of amides is 3. The number of anilines is 3. The number of rotatable bonds is 6. The lowest BCUT2D eigenvalue weighted by Gasteiger charge is -2.21. The predicted octanol–water partition coefficient (Wildman–Crippen LogP) is 2.84. The minimum atomic E-state index is -0.665. The molecule has 0 saturated carbocycles. The molecule has 1 saturated heterocycles. The van der Waals surface area contributed by atoms with E-state index in [0.29, 0.717) is 37.0 Å². The minimum absolute atomic E-state index is 0.0214. The minimum Gasteiger partial charge on any atom is -0.354 e. The molecule has 180 valence electrons. The van der Waals surface area contributed by atoms with Crippen molar-refractivity contribution < 1.29 is 18.8 Å². The van der Waals surface area contributed by atoms with Gasteiger partial charge < -0.3 is 20.4 Å². The number of hydrogen-bond donors (Lipinski definition) is 2. The number of aromatic nitrogens is 3. The van der Waals surface area contributed by atoms with Gasteiger partial charge in [0, 0.05) is 32.4 Å². The van der Waals surface area contributed by atoms with E-state index in [1.165, 1.54) is 30.7 Å². The molecular weight excluding hydrogens is 477 g/mol. The van der Waals surface area contributed by atoms with Gasteiger partial charge in [-0.1, -0.05) is 11.6 Å². The Morgan fingerprint density at radius 1 is 0.943 bits per heavy atom. The first-order valence-corrected chi connectivity index (χ1v) is 11.1. The van der Waals surface area contributed by atoms with Crippen LogP contribution in [0.1, 0.15) is 27.3 Å². The molecule has 1 aliphatic heterocycles. The first-order valence-electron chi connectivity index (χ1n) is 10.7. The van der Waals surface area contributed by atoms with Crippen LogP contribution in [0.3, 0.4) is 0 Å². The smallest absolute Gasteiger partial charge is 0.275 e. The Hall–Kier alpha value is -4.12. The van der Waals surface area contributed by atoms with Gasteiger partial charge in [0.2, 0.25) is 6.41 Å². The molecule has 35 heavy (non-hydrogen) atoms. The molecule has 0 atom stereocenters. The Morgan fingerprint density at radius 2 is 1.80 bits per heavy atom. The third-order valence-electron chi connectivity index (χ3n) is 5.32. The van der Waals surface area contributed by atoms with Gasteiger partial charge in [-0.25, -0.2) is 19.3 Å². The number of benzene rings is 1. The summed E-state index contributed by atoms with van der Waals surface area (Å²) in [5.41, 5.74) is 0.0207. The predicted molar refractivity (Wildman–Crippen MR) is 128 cm³/mol. The van der Waals surface area contributed by atoms with Crippen molar-refractivity contribution in [1.82, 2.24) is 19.9 Å². The number of halogens is 2. The normalized spacial score (nSPS) is 13.7. The molecule has 2 N–H and O–H groups in total. The van der Waals surface area contributed by atoms with E-state index >= 15 is 0 Å². The van der Waals surface area contributed by atoms with E-state index in [-0.39, 0.29) is 22.8 Å². The standard InChI is InChI=1S/C23H21ClFN7O3/c24-15-2-5-20(27-11-15)30-22(34)17-10-16(25)3-4-18(17)29-23(35)19-12-28-21(13-26-19)32-7-1-6-31(14-33)8-9-32/h2-5,10-14H,1,6-9H2,(H,29,35)(H,27,30,34). The fraction of sp³-hybridized carbons (Fsp3) is 0.217. The number of carbonyl (C=O) groups excluding carboxylic acids is 3. The summed E-state index contributed by atoms with van der Waals surface area (Å²) in [4.78, 5) is 52.7. The van der Waals surface area contributed by atoms with Crippen LogP contribution in [0.2, 0.25) is 5.02 Å². The van der Waals surface area contributed by atoms with Gasteiger partial charge in [0.25, 0.3) is 11.8 Å². The van der Waals surface area contributed by atoms with Crippen molar-refractivity contribution in [3.05, 3.63) is 71.0 Å². The van der Waals surface area contributed by atoms with E-state index in [0.717, 1.165) is 25.0 Å². The molecule has 12 heteroatoms. The number of nitrogens with one attached hydrogen (secondary N) is 2. The third-order valence-corrected chi connectivity index (χ3v) is 5.54. The molecule has 0 spiro atoms. The largest absolute Gasteiger partial charge is 0.354 e. The summed E-state index contributed by atoms with van der Waals surface area (Å²) in [6.45, 7) is 2.57. The van der Waals surface area contributed by atoms with Crippen molar-refractivity contribution in [2.45, 2.75) is 6.42 Å². The van der Waals surface area contributed by atoms with Crippen LogP contribution < -0.4 is 15.5 Å². The topological polar surface area (TPSA) is 120 Å². The van der Waals surface area contributed by atoms with E-state index in [1.807, 2.05) is 4.90 Å². The van der Waals surface area contributed by atoms with E-state index < -0.39 is 17.6 Å². The Morgan fingerprint density at radius 3 is 2.51 bits per heavy atom. The van der Waals surface area contributed by atoms with Crippen molar-refractivity contribution in [1.29, 1.82) is 0 Å². The number of nitrogens with zero attached hydrogens (tertiary/aromatic N) is 5. The molecule has 0 aliphatic carbocycles. The van der Waals surface area contributed by atoms with Crippen LogP contribution in [0.4, 0.5) is 21.7 Å². The quantitative estimate of drug-likeness (QED) is 0.502. The molecule has 4 rings (SSSR count). The molecule has 1 fully saturated rings. The SMILES string of the molecule is O=CN1CCCN(c2cnc(C(=O)Nc3ccc(F)cc3C(=O)Nc3ccc(Cl)cn3)cn2)CC1. The number of hydrogen-bond acceptors (Lipinski definition) is 7. The van der Waals surface area contributed by atoms with Crippen molar-refractivity contribution in [2.75, 3.05) is 41.7 Å². The summed E-state index contributed by atoms with van der Waals surface area (Å²) in [6, 6.07) is 6.47.